The minimum Gasteiger partial charge on any atom is -0.508 e. The van der Waals surface area contributed by atoms with Crippen LogP contribution < -0.4 is 4.74 Å². The summed E-state index contributed by atoms with van der Waals surface area (Å²) in [5.41, 5.74) is 1.96. The molecule has 5 heteroatoms. The van der Waals surface area contributed by atoms with E-state index in [1.54, 1.807) is 25.0 Å². The van der Waals surface area contributed by atoms with Crippen LogP contribution in [0.4, 0.5) is 0 Å². The summed E-state index contributed by atoms with van der Waals surface area (Å²) in [4.78, 5) is 12.3. The topological polar surface area (TPSA) is 63.6 Å². The van der Waals surface area contributed by atoms with Gasteiger partial charge in [-0.05, 0) is 55.9 Å². The quantitative estimate of drug-likeness (QED) is 0.581. The lowest BCUT2D eigenvalue weighted by Gasteiger charge is -2.25. The smallest absolute Gasteiger partial charge is 0.308 e. The van der Waals surface area contributed by atoms with Gasteiger partial charge < -0.3 is 9.84 Å². The van der Waals surface area contributed by atoms with Crippen LogP contribution in [0.2, 0.25) is 0 Å². The number of ether oxygens (including phenoxy) is 1. The summed E-state index contributed by atoms with van der Waals surface area (Å²) in [6, 6.07) is 10.8. The molecule has 1 aliphatic carbocycles. The molecular formula is C24H25O4S. The second-order valence-corrected chi connectivity index (χ2v) is 9.54. The fourth-order valence-corrected chi connectivity index (χ4v) is 4.40. The largest absolute Gasteiger partial charge is 0.508 e. The number of phenols is 1. The summed E-state index contributed by atoms with van der Waals surface area (Å²) < 4.78 is 18.6. The molecule has 0 aliphatic heterocycles. The van der Waals surface area contributed by atoms with Crippen LogP contribution in [0.15, 0.2) is 41.3 Å². The van der Waals surface area contributed by atoms with Crippen LogP contribution in [-0.4, -0.2) is 15.3 Å². The number of carbonyl (C=O) groups excluding carboxylic acids is 1. The average molecular weight is 410 g/mol. The van der Waals surface area contributed by atoms with E-state index in [4.69, 9.17) is 4.74 Å². The Kier molecular flexibility index (Phi) is 6.18. The SMILES string of the molecule is CC(=O)Oc1cc([C]2[CH][CH][CH][C]2[S@@](=O)c2ccc(C)cc2)c(O)cc1C(C)(C)C. The first kappa shape index (κ1) is 21.6. The summed E-state index contributed by atoms with van der Waals surface area (Å²) in [6.45, 7) is 9.27. The molecule has 0 amide bonds. The van der Waals surface area contributed by atoms with Gasteiger partial charge in [0.05, 0.1) is 16.0 Å². The van der Waals surface area contributed by atoms with E-state index in [1.165, 1.54) is 6.92 Å². The van der Waals surface area contributed by atoms with Crippen molar-refractivity contribution in [2.75, 3.05) is 0 Å². The first-order valence-electron chi connectivity index (χ1n) is 9.38. The van der Waals surface area contributed by atoms with Crippen LogP contribution in [0.1, 0.15) is 44.4 Å². The van der Waals surface area contributed by atoms with E-state index in [1.807, 2.05) is 58.4 Å². The average Bonchev–Trinajstić information content (AvgIpc) is 3.11. The van der Waals surface area contributed by atoms with Gasteiger partial charge in [0, 0.05) is 28.9 Å². The summed E-state index contributed by atoms with van der Waals surface area (Å²) >= 11 is 0. The highest BCUT2D eigenvalue weighted by Gasteiger charge is 2.38. The molecule has 2 aromatic carbocycles. The molecule has 0 bridgehead atoms. The molecule has 5 radical (unpaired) electrons. The second-order valence-electron chi connectivity index (χ2n) is 8.09. The Morgan fingerprint density at radius 1 is 1.07 bits per heavy atom. The molecule has 0 spiro atoms. The minimum absolute atomic E-state index is 0.0548. The monoisotopic (exact) mass is 409 g/mol. The summed E-state index contributed by atoms with van der Waals surface area (Å²) in [6.07, 6.45) is 5.40. The number of aryl methyl sites for hydroxylation is 1. The molecule has 0 saturated heterocycles. The maximum Gasteiger partial charge on any atom is 0.308 e. The third kappa shape index (κ3) is 4.72. The van der Waals surface area contributed by atoms with Crippen molar-refractivity contribution in [3.8, 4) is 11.5 Å². The van der Waals surface area contributed by atoms with Gasteiger partial charge >= 0.3 is 5.97 Å². The van der Waals surface area contributed by atoms with Crippen molar-refractivity contribution >= 4 is 16.8 Å². The van der Waals surface area contributed by atoms with E-state index in [9.17, 15) is 14.1 Å². The molecule has 1 aliphatic rings. The third-order valence-electron chi connectivity index (χ3n) is 4.66. The normalized spacial score (nSPS) is 16.7. The Balaban J connectivity index is 2.00. The predicted molar refractivity (Wildman–Crippen MR) is 114 cm³/mol. The van der Waals surface area contributed by atoms with Crippen LogP contribution in [0.25, 0.3) is 0 Å². The van der Waals surface area contributed by atoms with Crippen molar-refractivity contribution in [1.82, 2.24) is 0 Å². The molecule has 1 saturated carbocycles. The molecule has 29 heavy (non-hydrogen) atoms. The number of benzene rings is 2. The fourth-order valence-electron chi connectivity index (χ4n) is 3.19. The maximum atomic E-state index is 13.2. The van der Waals surface area contributed by atoms with Crippen molar-refractivity contribution < 1.29 is 18.8 Å². The molecule has 1 N–H and O–H groups in total. The molecule has 4 nitrogen and oxygen atoms in total. The lowest BCUT2D eigenvalue weighted by Crippen LogP contribution is -2.17. The highest BCUT2D eigenvalue weighted by Crippen LogP contribution is 2.47. The van der Waals surface area contributed by atoms with Crippen molar-refractivity contribution in [1.29, 1.82) is 0 Å². The van der Waals surface area contributed by atoms with Gasteiger partial charge in [-0.2, -0.15) is 0 Å². The number of carbonyl (C=O) groups is 1. The van der Waals surface area contributed by atoms with Crippen LogP contribution in [0.5, 0.6) is 11.5 Å². The standard InChI is InChI=1S/C24H25O4S/c1-15-9-11-17(12-10-15)29(27)23-8-6-7-18(23)19-13-22(28-16(2)25)20(14-21(19)26)24(3,4)5/h6-14,26H,1-5H3/t29-/m0/s1. The molecule has 151 valence electrons. The van der Waals surface area contributed by atoms with E-state index < -0.39 is 16.8 Å². The van der Waals surface area contributed by atoms with Crippen LogP contribution in [0, 0.1) is 37.4 Å². The number of aromatic hydroxyl groups is 1. The lowest BCUT2D eigenvalue weighted by molar-refractivity contribution is -0.131. The first-order valence-corrected chi connectivity index (χ1v) is 10.5. The zero-order valence-electron chi connectivity index (χ0n) is 17.3. The lowest BCUT2D eigenvalue weighted by atomic mass is 9.84. The number of hydrogen-bond acceptors (Lipinski definition) is 4. The van der Waals surface area contributed by atoms with Crippen LogP contribution >= 0.6 is 0 Å². The number of rotatable bonds is 4. The molecule has 2 aromatic rings. The predicted octanol–water partition coefficient (Wildman–Crippen LogP) is 4.81. The highest BCUT2D eigenvalue weighted by atomic mass is 32.2. The van der Waals surface area contributed by atoms with E-state index in [0.717, 1.165) is 11.1 Å². The number of hydrogen-bond donors (Lipinski definition) is 1. The fraction of sp³-hybridized carbons (Fsp3) is 0.250. The van der Waals surface area contributed by atoms with Crippen LogP contribution in [-0.2, 0) is 21.0 Å². The van der Waals surface area contributed by atoms with Crippen molar-refractivity contribution in [3.05, 3.63) is 83.5 Å². The van der Waals surface area contributed by atoms with Gasteiger partial charge in [0.15, 0.2) is 0 Å². The highest BCUT2D eigenvalue weighted by molar-refractivity contribution is 7.88. The van der Waals surface area contributed by atoms with Crippen molar-refractivity contribution in [3.63, 3.8) is 0 Å². The number of phenolic OH excluding ortho intramolecular Hbond substituents is 1. The third-order valence-corrected chi connectivity index (χ3v) is 6.12. The summed E-state index contributed by atoms with van der Waals surface area (Å²) in [5.74, 6) is 0.665. The van der Waals surface area contributed by atoms with Crippen molar-refractivity contribution in [2.24, 2.45) is 0 Å². The molecule has 0 heterocycles. The van der Waals surface area contributed by atoms with Crippen LogP contribution in [0.3, 0.4) is 0 Å². The first-order chi connectivity index (χ1) is 13.6. The Hall–Kier alpha value is -2.14. The Morgan fingerprint density at radius 2 is 1.72 bits per heavy atom. The summed E-state index contributed by atoms with van der Waals surface area (Å²) in [5, 5.41) is 11.4. The number of esters is 1. The Morgan fingerprint density at radius 3 is 2.31 bits per heavy atom. The molecule has 0 aromatic heterocycles. The van der Waals surface area contributed by atoms with Crippen molar-refractivity contribution in [2.45, 2.75) is 44.9 Å². The van der Waals surface area contributed by atoms with E-state index in [0.29, 0.717) is 27.4 Å². The van der Waals surface area contributed by atoms with E-state index >= 15 is 0 Å². The molecule has 1 fully saturated rings. The van der Waals surface area contributed by atoms with Gasteiger partial charge in [-0.15, -0.1) is 0 Å². The zero-order chi connectivity index (χ0) is 21.3. The molecular weight excluding hydrogens is 384 g/mol. The van der Waals surface area contributed by atoms with E-state index in [2.05, 4.69) is 0 Å². The molecule has 1 atom stereocenters. The summed E-state index contributed by atoms with van der Waals surface area (Å²) in [7, 11) is -1.40. The Bertz CT molecular complexity index is 925. The van der Waals surface area contributed by atoms with Gasteiger partial charge in [0.25, 0.3) is 0 Å². The second kappa shape index (κ2) is 8.31. The maximum absolute atomic E-state index is 13.2. The zero-order valence-corrected chi connectivity index (χ0v) is 18.1. The Labute approximate surface area is 175 Å². The van der Waals surface area contributed by atoms with Gasteiger partial charge in [-0.3, -0.25) is 9.00 Å². The minimum atomic E-state index is -1.40. The van der Waals surface area contributed by atoms with Gasteiger partial charge in [-0.25, -0.2) is 0 Å². The van der Waals surface area contributed by atoms with Gasteiger partial charge in [0.1, 0.15) is 11.5 Å². The van der Waals surface area contributed by atoms with Gasteiger partial charge in [-0.1, -0.05) is 38.5 Å². The van der Waals surface area contributed by atoms with Gasteiger partial charge in [0.2, 0.25) is 0 Å². The molecule has 3 rings (SSSR count). The van der Waals surface area contributed by atoms with E-state index in [-0.39, 0.29) is 11.2 Å². The molecule has 0 unspecified atom stereocenters.